The van der Waals surface area contributed by atoms with Crippen molar-refractivity contribution in [2.24, 2.45) is 24.2 Å². The van der Waals surface area contributed by atoms with E-state index in [1.54, 1.807) is 51.4 Å². The fourth-order valence-corrected chi connectivity index (χ4v) is 8.08. The number of amides is 3. The van der Waals surface area contributed by atoms with Gasteiger partial charge in [0.05, 0.1) is 16.6 Å². The third-order valence-corrected chi connectivity index (χ3v) is 11.1. The summed E-state index contributed by atoms with van der Waals surface area (Å²) in [4.78, 5) is 40.5. The molecule has 0 radical (unpaired) electrons. The van der Waals surface area contributed by atoms with Gasteiger partial charge < -0.3 is 31.7 Å². The summed E-state index contributed by atoms with van der Waals surface area (Å²) in [6, 6.07) is 32.1. The number of carbonyl (C=O) groups is 3. The summed E-state index contributed by atoms with van der Waals surface area (Å²) in [6.45, 7) is 6.89. The smallest absolute Gasteiger partial charge is 0.265 e. The van der Waals surface area contributed by atoms with Gasteiger partial charge in [-0.3, -0.25) is 14.4 Å². The molecule has 0 atom stereocenters. The Morgan fingerprint density at radius 3 is 1.37 bits per heavy atom. The van der Waals surface area contributed by atoms with Gasteiger partial charge in [0.2, 0.25) is 0 Å². The molecular weight excluding hydrogens is 809 g/mol. The van der Waals surface area contributed by atoms with Gasteiger partial charge in [0.15, 0.2) is 0 Å². The van der Waals surface area contributed by atoms with E-state index in [2.05, 4.69) is 9.97 Å². The van der Waals surface area contributed by atoms with Gasteiger partial charge in [-0.25, -0.2) is 17.6 Å². The predicted octanol–water partition coefficient (Wildman–Crippen LogP) is 10.6. The highest BCUT2D eigenvalue weighted by molar-refractivity contribution is 6.07. The van der Waals surface area contributed by atoms with Gasteiger partial charge in [0.1, 0.15) is 40.4 Å². The number of nitrogens with two attached hydrogens (primary N) is 3. The van der Waals surface area contributed by atoms with Crippen LogP contribution in [0.25, 0.3) is 66.1 Å². The Morgan fingerprint density at radius 2 is 0.921 bits per heavy atom. The van der Waals surface area contributed by atoms with Gasteiger partial charge in [0, 0.05) is 39.9 Å². The zero-order valence-corrected chi connectivity index (χ0v) is 34.9. The number of primary amides is 3. The molecule has 3 aromatic heterocycles. The highest BCUT2D eigenvalue weighted by Crippen LogP contribution is 2.36. The lowest BCUT2D eigenvalue weighted by Gasteiger charge is -2.08. The molecule has 13 heteroatoms. The zero-order valence-electron chi connectivity index (χ0n) is 34.9. The lowest BCUT2D eigenvalue weighted by Crippen LogP contribution is -2.16. The molecule has 63 heavy (non-hydrogen) atoms. The number of carbonyl (C=O) groups excluding carboxylic acids is 3. The van der Waals surface area contributed by atoms with E-state index in [1.807, 2.05) is 60.7 Å². The number of halogens is 4. The average molecular weight is 851 g/mol. The molecule has 6 aromatic carbocycles. The van der Waals surface area contributed by atoms with Crippen molar-refractivity contribution in [3.05, 3.63) is 178 Å². The quantitative estimate of drug-likeness (QED) is 0.105. The second-order valence-corrected chi connectivity index (χ2v) is 15.2. The van der Waals surface area contributed by atoms with Crippen molar-refractivity contribution >= 4 is 50.4 Å². The Hall–Kier alpha value is -7.93. The second-order valence-electron chi connectivity index (χ2n) is 15.2. The number of aromatic amines is 2. The first-order chi connectivity index (χ1) is 30.0. The molecular formula is C50H42F4N6O3. The van der Waals surface area contributed by atoms with Gasteiger partial charge in [-0.1, -0.05) is 66.7 Å². The van der Waals surface area contributed by atoms with Crippen LogP contribution in [-0.2, 0) is 7.05 Å². The minimum atomic E-state index is -0.602. The van der Waals surface area contributed by atoms with Crippen LogP contribution in [0.15, 0.2) is 115 Å². The molecule has 0 saturated carbocycles. The molecule has 0 fully saturated rings. The number of H-pyrrole nitrogens is 2. The van der Waals surface area contributed by atoms with Gasteiger partial charge >= 0.3 is 0 Å². The average Bonchev–Trinajstić information content (AvgIpc) is 3.86. The van der Waals surface area contributed by atoms with Crippen molar-refractivity contribution in [1.29, 1.82) is 0 Å². The molecule has 0 aliphatic rings. The number of hydrogen-bond donors (Lipinski definition) is 5. The number of aromatic nitrogens is 3. The number of rotatable bonds is 6. The van der Waals surface area contributed by atoms with E-state index < -0.39 is 23.5 Å². The van der Waals surface area contributed by atoms with Crippen LogP contribution in [0.2, 0.25) is 0 Å². The van der Waals surface area contributed by atoms with Crippen molar-refractivity contribution in [1.82, 2.24) is 14.5 Å². The first-order valence-corrected chi connectivity index (χ1v) is 19.7. The summed E-state index contributed by atoms with van der Waals surface area (Å²) in [7, 11) is 1.78. The summed E-state index contributed by atoms with van der Waals surface area (Å²) in [5.41, 5.74) is 26.2. The SMILES string of the molecule is Cc1c(C(N)=O)[nH]c2c(-c3ccccc3)cc(F)cc12.Cc1c(C(N)=O)n(C)c2c(-c3ccccc3)cc(F)cc12.Cc1cc(-c2cc(F)cc3c(C)c(C(N)=O)[nH]c23)ccc1F. The minimum Gasteiger partial charge on any atom is -0.364 e. The first-order valence-electron chi connectivity index (χ1n) is 19.7. The maximum atomic E-state index is 14.0. The maximum Gasteiger partial charge on any atom is 0.265 e. The highest BCUT2D eigenvalue weighted by Gasteiger charge is 2.21. The van der Waals surface area contributed by atoms with E-state index >= 15 is 0 Å². The highest BCUT2D eigenvalue weighted by atomic mass is 19.1. The van der Waals surface area contributed by atoms with Crippen molar-refractivity contribution in [2.75, 3.05) is 0 Å². The van der Waals surface area contributed by atoms with Gasteiger partial charge in [-0.15, -0.1) is 0 Å². The van der Waals surface area contributed by atoms with Crippen molar-refractivity contribution < 1.29 is 31.9 Å². The number of hydrogen-bond acceptors (Lipinski definition) is 3. The molecule has 3 heterocycles. The standard InChI is InChI=1S/C17H14F2N2O.C17H15FN2O.C16H13FN2O/c1-8-5-10(3-4-14(8)19)13-7-11(18)6-12-9(2)15(17(20)22)21-16(12)13;1-10-13-8-12(18)9-14(11-6-4-3-5-7-11)16(13)20(2)15(10)17(19)21;1-9-12-7-11(17)8-13(10-5-3-2-4-6-10)15(12)19-14(9)16(18)20/h3-7,21H,1-2H3,(H2,20,22);3-9H,1-2H3,(H2,19,21);2-8,19H,1H3,(H2,18,20). The topological polar surface area (TPSA) is 166 Å². The van der Waals surface area contributed by atoms with Crippen LogP contribution in [0.4, 0.5) is 17.6 Å². The third-order valence-electron chi connectivity index (χ3n) is 11.1. The fraction of sp³-hybridized carbons (Fsp3) is 0.100. The van der Waals surface area contributed by atoms with Crippen molar-refractivity contribution in [3.8, 4) is 33.4 Å². The monoisotopic (exact) mass is 850 g/mol. The van der Waals surface area contributed by atoms with Gasteiger partial charge in [-0.05, 0) is 115 Å². The molecule has 3 amide bonds. The number of aryl methyl sites for hydroxylation is 5. The number of nitrogens with zero attached hydrogens (tertiary/aromatic N) is 1. The predicted molar refractivity (Wildman–Crippen MR) is 240 cm³/mol. The van der Waals surface area contributed by atoms with E-state index in [-0.39, 0.29) is 23.1 Å². The lowest BCUT2D eigenvalue weighted by atomic mass is 10.00. The summed E-state index contributed by atoms with van der Waals surface area (Å²) in [5, 5.41) is 1.98. The Bertz CT molecular complexity index is 3260. The molecule has 0 aliphatic heterocycles. The van der Waals surface area contributed by atoms with E-state index in [9.17, 15) is 31.9 Å². The summed E-state index contributed by atoms with van der Waals surface area (Å²) < 4.78 is 57.0. The summed E-state index contributed by atoms with van der Waals surface area (Å²) >= 11 is 0. The van der Waals surface area contributed by atoms with E-state index in [4.69, 9.17) is 17.2 Å². The van der Waals surface area contributed by atoms with Crippen LogP contribution in [-0.4, -0.2) is 32.3 Å². The van der Waals surface area contributed by atoms with Crippen molar-refractivity contribution in [3.63, 3.8) is 0 Å². The van der Waals surface area contributed by atoms with Crippen LogP contribution >= 0.6 is 0 Å². The second kappa shape index (κ2) is 17.2. The van der Waals surface area contributed by atoms with E-state index in [0.29, 0.717) is 66.4 Å². The molecule has 0 saturated heterocycles. The molecule has 318 valence electrons. The molecule has 9 nitrogen and oxygen atoms in total. The summed E-state index contributed by atoms with van der Waals surface area (Å²) in [6.07, 6.45) is 0. The van der Waals surface area contributed by atoms with E-state index in [0.717, 1.165) is 33.3 Å². The lowest BCUT2D eigenvalue weighted by molar-refractivity contribution is 0.0985. The zero-order chi connectivity index (χ0) is 45.4. The van der Waals surface area contributed by atoms with Crippen LogP contribution in [0.5, 0.6) is 0 Å². The number of fused-ring (bicyclic) bond motifs is 3. The molecule has 0 aliphatic carbocycles. The third kappa shape index (κ3) is 8.28. The molecule has 9 aromatic rings. The Morgan fingerprint density at radius 1 is 0.492 bits per heavy atom. The van der Waals surface area contributed by atoms with Crippen LogP contribution in [0, 0.1) is 51.0 Å². The van der Waals surface area contributed by atoms with Crippen molar-refractivity contribution in [2.45, 2.75) is 27.7 Å². The van der Waals surface area contributed by atoms with Crippen LogP contribution < -0.4 is 17.2 Å². The molecule has 0 bridgehead atoms. The van der Waals surface area contributed by atoms with E-state index in [1.165, 1.54) is 42.5 Å². The van der Waals surface area contributed by atoms with Crippen LogP contribution in [0.1, 0.15) is 53.7 Å². The van der Waals surface area contributed by atoms with Crippen LogP contribution in [0.3, 0.4) is 0 Å². The number of benzene rings is 6. The fourth-order valence-electron chi connectivity index (χ4n) is 8.08. The van der Waals surface area contributed by atoms with Gasteiger partial charge in [-0.2, -0.15) is 0 Å². The largest absolute Gasteiger partial charge is 0.364 e. The van der Waals surface area contributed by atoms with Gasteiger partial charge in [0.25, 0.3) is 17.7 Å². The Balaban J connectivity index is 0.000000142. The number of nitrogens with one attached hydrogen (secondary N) is 2. The summed E-state index contributed by atoms with van der Waals surface area (Å²) in [5.74, 6) is -3.07. The molecule has 0 spiro atoms. The Kier molecular flexibility index (Phi) is 11.8. The minimum absolute atomic E-state index is 0.251. The Labute approximate surface area is 359 Å². The molecule has 0 unspecified atom stereocenters. The first kappa shape index (κ1) is 43.2. The molecule has 8 N–H and O–H groups in total. The normalized spacial score (nSPS) is 11.0. The maximum absolute atomic E-state index is 14.0. The molecule has 9 rings (SSSR count).